The van der Waals surface area contributed by atoms with Crippen molar-refractivity contribution in [3.63, 3.8) is 0 Å². The third-order valence-corrected chi connectivity index (χ3v) is 8.49. The average molecular weight is 673 g/mol. The predicted molar refractivity (Wildman–Crippen MR) is 191 cm³/mol. The molecule has 1 heterocycles. The second-order valence-corrected chi connectivity index (χ2v) is 12.3. The standard InChI is InChI=1S/C43H44O7/c44-38(26-33-16-6-1-7-17-33)31-49-43-42(48-30-37-24-14-5-15-25-37)41(47-29-36-22-12-4-13-23-36)40(46-28-35-20-10-3-11-21-35)39(50-43)32-45-27-34-18-8-2-9-19-34/h1-25,39-43H,26-32H2/t39-,40-,41+,42-,43-/m1/s1. The highest BCUT2D eigenvalue weighted by molar-refractivity contribution is 5.82. The summed E-state index contributed by atoms with van der Waals surface area (Å²) in [6.07, 6.45) is -3.21. The highest BCUT2D eigenvalue weighted by Gasteiger charge is 2.49. The van der Waals surface area contributed by atoms with Crippen LogP contribution in [0.5, 0.6) is 0 Å². The molecule has 7 heteroatoms. The highest BCUT2D eigenvalue weighted by Crippen LogP contribution is 2.32. The van der Waals surface area contributed by atoms with Crippen molar-refractivity contribution in [1.82, 2.24) is 0 Å². The zero-order valence-corrected chi connectivity index (χ0v) is 28.1. The predicted octanol–water partition coefficient (Wildman–Crippen LogP) is 7.51. The SMILES string of the molecule is O=C(CO[C@@H]1O[C@H](COCc2ccccc2)[C@@H](OCc2ccccc2)[C@H](OCc2ccccc2)[C@H]1OCc1ccccc1)Cc1ccccc1. The summed E-state index contributed by atoms with van der Waals surface area (Å²) in [5.41, 5.74) is 4.99. The number of hydrogen-bond acceptors (Lipinski definition) is 7. The van der Waals surface area contributed by atoms with Crippen LogP contribution in [-0.4, -0.2) is 49.7 Å². The topological polar surface area (TPSA) is 72.5 Å². The smallest absolute Gasteiger partial charge is 0.187 e. The van der Waals surface area contributed by atoms with Crippen molar-refractivity contribution in [1.29, 1.82) is 0 Å². The van der Waals surface area contributed by atoms with Gasteiger partial charge < -0.3 is 28.4 Å². The molecule has 0 bridgehead atoms. The van der Waals surface area contributed by atoms with E-state index in [-0.39, 0.29) is 25.4 Å². The van der Waals surface area contributed by atoms with E-state index >= 15 is 0 Å². The van der Waals surface area contributed by atoms with E-state index in [1.54, 1.807) is 0 Å². The van der Waals surface area contributed by atoms with E-state index in [2.05, 4.69) is 0 Å². The maximum Gasteiger partial charge on any atom is 0.187 e. The molecule has 5 atom stereocenters. The molecule has 1 saturated heterocycles. The Kier molecular flexibility index (Phi) is 13.5. The minimum absolute atomic E-state index is 0.0670. The first-order valence-electron chi connectivity index (χ1n) is 17.1. The molecular weight excluding hydrogens is 628 g/mol. The van der Waals surface area contributed by atoms with Crippen LogP contribution in [0.3, 0.4) is 0 Å². The van der Waals surface area contributed by atoms with E-state index in [0.29, 0.717) is 26.4 Å². The molecule has 0 radical (unpaired) electrons. The lowest BCUT2D eigenvalue weighted by molar-refractivity contribution is -0.326. The molecule has 6 rings (SSSR count). The van der Waals surface area contributed by atoms with Crippen molar-refractivity contribution < 1.29 is 33.2 Å². The normalized spacial score (nSPS) is 20.4. The van der Waals surface area contributed by atoms with E-state index in [1.165, 1.54) is 0 Å². The molecule has 50 heavy (non-hydrogen) atoms. The molecule has 1 aliphatic rings. The maximum atomic E-state index is 13.2. The second kappa shape index (κ2) is 19.1. The van der Waals surface area contributed by atoms with Gasteiger partial charge in [0.1, 0.15) is 31.0 Å². The van der Waals surface area contributed by atoms with Crippen molar-refractivity contribution in [3.05, 3.63) is 179 Å². The van der Waals surface area contributed by atoms with Gasteiger partial charge in [-0.1, -0.05) is 152 Å². The molecule has 0 N–H and O–H groups in total. The molecule has 0 spiro atoms. The Morgan fingerprint density at radius 2 is 0.860 bits per heavy atom. The summed E-state index contributed by atoms with van der Waals surface area (Å²) in [6.45, 7) is 1.40. The Labute approximate surface area is 294 Å². The Morgan fingerprint density at radius 1 is 0.460 bits per heavy atom. The molecule has 0 unspecified atom stereocenters. The Morgan fingerprint density at radius 3 is 1.34 bits per heavy atom. The maximum absolute atomic E-state index is 13.2. The molecule has 258 valence electrons. The lowest BCUT2D eigenvalue weighted by Gasteiger charge is -2.45. The summed E-state index contributed by atoms with van der Waals surface area (Å²) >= 11 is 0. The van der Waals surface area contributed by atoms with Gasteiger partial charge in [0.25, 0.3) is 0 Å². The van der Waals surface area contributed by atoms with Crippen molar-refractivity contribution in [2.24, 2.45) is 0 Å². The number of hydrogen-bond donors (Lipinski definition) is 0. The summed E-state index contributed by atoms with van der Waals surface area (Å²) in [5, 5.41) is 0. The van der Waals surface area contributed by atoms with Crippen LogP contribution in [0.25, 0.3) is 0 Å². The monoisotopic (exact) mass is 672 g/mol. The van der Waals surface area contributed by atoms with Gasteiger partial charge in [0.05, 0.1) is 33.0 Å². The van der Waals surface area contributed by atoms with Crippen LogP contribution in [0.15, 0.2) is 152 Å². The first kappa shape index (κ1) is 35.4. The van der Waals surface area contributed by atoms with Crippen molar-refractivity contribution in [2.75, 3.05) is 13.2 Å². The van der Waals surface area contributed by atoms with Gasteiger partial charge in [-0.05, 0) is 27.8 Å². The minimum Gasteiger partial charge on any atom is -0.374 e. The fraction of sp³-hybridized carbons (Fsp3) is 0.279. The van der Waals surface area contributed by atoms with Gasteiger partial charge in [-0.15, -0.1) is 0 Å². The van der Waals surface area contributed by atoms with Crippen molar-refractivity contribution in [2.45, 2.75) is 63.6 Å². The molecule has 5 aromatic rings. The Balaban J connectivity index is 1.27. The molecular formula is C43H44O7. The van der Waals surface area contributed by atoms with Crippen molar-refractivity contribution >= 4 is 5.78 Å². The quantitative estimate of drug-likeness (QED) is 0.0954. The van der Waals surface area contributed by atoms with Gasteiger partial charge in [0.2, 0.25) is 0 Å². The van der Waals surface area contributed by atoms with Gasteiger partial charge in [-0.3, -0.25) is 4.79 Å². The van der Waals surface area contributed by atoms with Crippen LogP contribution >= 0.6 is 0 Å². The number of rotatable bonds is 18. The third kappa shape index (κ3) is 10.8. The zero-order chi connectivity index (χ0) is 34.2. The number of benzene rings is 5. The van der Waals surface area contributed by atoms with Crippen LogP contribution in [0.1, 0.15) is 27.8 Å². The van der Waals surface area contributed by atoms with E-state index < -0.39 is 30.7 Å². The third-order valence-electron chi connectivity index (χ3n) is 8.49. The fourth-order valence-corrected chi connectivity index (χ4v) is 5.93. The first-order chi connectivity index (χ1) is 24.7. The van der Waals surface area contributed by atoms with Crippen LogP contribution in [0, 0.1) is 0 Å². The lowest BCUT2D eigenvalue weighted by Crippen LogP contribution is -2.62. The summed E-state index contributed by atoms with van der Waals surface area (Å²) in [6, 6.07) is 49.6. The number of ketones is 1. The van der Waals surface area contributed by atoms with Gasteiger partial charge >= 0.3 is 0 Å². The first-order valence-corrected chi connectivity index (χ1v) is 17.1. The van der Waals surface area contributed by atoms with Gasteiger partial charge in [-0.25, -0.2) is 0 Å². The largest absolute Gasteiger partial charge is 0.374 e. The van der Waals surface area contributed by atoms with Crippen LogP contribution in [0.4, 0.5) is 0 Å². The Hall–Kier alpha value is -4.47. The molecule has 0 amide bonds. The van der Waals surface area contributed by atoms with Gasteiger partial charge in [0, 0.05) is 6.42 Å². The highest BCUT2D eigenvalue weighted by atomic mass is 16.7. The van der Waals surface area contributed by atoms with E-state index in [9.17, 15) is 4.79 Å². The lowest BCUT2D eigenvalue weighted by atomic mass is 9.97. The molecule has 5 aromatic carbocycles. The van der Waals surface area contributed by atoms with Gasteiger partial charge in [0.15, 0.2) is 12.1 Å². The molecule has 1 fully saturated rings. The van der Waals surface area contributed by atoms with Gasteiger partial charge in [-0.2, -0.15) is 0 Å². The fourth-order valence-electron chi connectivity index (χ4n) is 5.93. The Bertz CT molecular complexity index is 1670. The summed E-state index contributed by atoms with van der Waals surface area (Å²) < 4.78 is 39.3. The number of carbonyl (C=O) groups is 1. The van der Waals surface area contributed by atoms with E-state index in [4.69, 9.17) is 28.4 Å². The second-order valence-electron chi connectivity index (χ2n) is 12.3. The van der Waals surface area contributed by atoms with Crippen molar-refractivity contribution in [3.8, 4) is 0 Å². The summed E-state index contributed by atoms with van der Waals surface area (Å²) in [5.74, 6) is -0.0670. The average Bonchev–Trinajstić information content (AvgIpc) is 3.17. The zero-order valence-electron chi connectivity index (χ0n) is 28.1. The van der Waals surface area contributed by atoms with E-state index in [1.807, 2.05) is 152 Å². The number of carbonyl (C=O) groups excluding carboxylic acids is 1. The molecule has 0 saturated carbocycles. The van der Waals surface area contributed by atoms with E-state index in [0.717, 1.165) is 27.8 Å². The molecule has 7 nitrogen and oxygen atoms in total. The summed E-state index contributed by atoms with van der Waals surface area (Å²) in [7, 11) is 0. The number of Topliss-reactive ketones (excluding diaryl/α,β-unsaturated/α-hetero) is 1. The molecule has 0 aliphatic carbocycles. The number of ether oxygens (including phenoxy) is 6. The minimum atomic E-state index is -0.930. The molecule has 1 aliphatic heterocycles. The van der Waals surface area contributed by atoms with Crippen LogP contribution in [-0.2, 0) is 66.1 Å². The molecule has 0 aromatic heterocycles. The van der Waals surface area contributed by atoms with Crippen LogP contribution in [0.2, 0.25) is 0 Å². The summed E-state index contributed by atoms with van der Waals surface area (Å²) in [4.78, 5) is 13.2. The van der Waals surface area contributed by atoms with Crippen LogP contribution < -0.4 is 0 Å².